The van der Waals surface area contributed by atoms with Crippen molar-refractivity contribution >= 4 is 23.4 Å². The van der Waals surface area contributed by atoms with Crippen molar-refractivity contribution in [3.63, 3.8) is 0 Å². The van der Waals surface area contributed by atoms with Crippen LogP contribution in [0.1, 0.15) is 22.5 Å². The average Bonchev–Trinajstić information content (AvgIpc) is 3.02. The maximum Gasteiger partial charge on any atom is 0.291 e. The van der Waals surface area contributed by atoms with Crippen molar-refractivity contribution < 1.29 is 23.1 Å². The molecule has 1 aromatic carbocycles. The van der Waals surface area contributed by atoms with Crippen LogP contribution in [-0.4, -0.2) is 25.0 Å². The second-order valence-electron chi connectivity index (χ2n) is 5.51. The van der Waals surface area contributed by atoms with Gasteiger partial charge in [0, 0.05) is 24.7 Å². The molecule has 0 saturated carbocycles. The molecule has 1 heterocycles. The molecule has 0 radical (unpaired) electrons. The molecular weight excluding hydrogens is 363 g/mol. The van der Waals surface area contributed by atoms with Gasteiger partial charge in [-0.15, -0.1) is 0 Å². The number of aryl methyl sites for hydroxylation is 1. The van der Waals surface area contributed by atoms with Gasteiger partial charge in [-0.25, -0.2) is 4.39 Å². The lowest BCUT2D eigenvalue weighted by atomic mass is 10.3. The summed E-state index contributed by atoms with van der Waals surface area (Å²) in [5.41, 5.74) is 1.28. The van der Waals surface area contributed by atoms with Crippen molar-refractivity contribution in [1.29, 1.82) is 0 Å². The van der Waals surface area contributed by atoms with E-state index in [1.54, 1.807) is 6.07 Å². The first kappa shape index (κ1) is 19.5. The van der Waals surface area contributed by atoms with Crippen molar-refractivity contribution in [2.45, 2.75) is 13.3 Å². The number of nitrogens with one attached hydrogen (secondary N) is 2. The van der Waals surface area contributed by atoms with E-state index in [1.165, 1.54) is 18.4 Å². The molecule has 2 aromatic rings. The Labute approximate surface area is 155 Å². The molecule has 0 fully saturated rings. The fraction of sp³-hybridized carbons (Fsp3) is 0.222. The number of hydrogen-bond acceptors (Lipinski definition) is 4. The molecule has 138 valence electrons. The van der Waals surface area contributed by atoms with Crippen molar-refractivity contribution in [1.82, 2.24) is 10.6 Å². The highest BCUT2D eigenvalue weighted by atomic mass is 35.5. The quantitative estimate of drug-likeness (QED) is 0.737. The van der Waals surface area contributed by atoms with Gasteiger partial charge >= 0.3 is 0 Å². The van der Waals surface area contributed by atoms with Gasteiger partial charge < -0.3 is 19.8 Å². The van der Waals surface area contributed by atoms with Gasteiger partial charge in [-0.2, -0.15) is 0 Å². The summed E-state index contributed by atoms with van der Waals surface area (Å²) in [4.78, 5) is 23.6. The van der Waals surface area contributed by atoms with Gasteiger partial charge in [-0.3, -0.25) is 9.59 Å². The maximum atomic E-state index is 13.3. The second-order valence-corrected chi connectivity index (χ2v) is 5.92. The smallest absolute Gasteiger partial charge is 0.291 e. The predicted molar refractivity (Wildman–Crippen MR) is 94.6 cm³/mol. The zero-order valence-electron chi connectivity index (χ0n) is 14.1. The summed E-state index contributed by atoms with van der Waals surface area (Å²) in [6.07, 6.45) is 1.82. The fourth-order valence-corrected chi connectivity index (χ4v) is 2.07. The van der Waals surface area contributed by atoms with Gasteiger partial charge in [-0.1, -0.05) is 18.2 Å². The van der Waals surface area contributed by atoms with E-state index in [0.717, 1.165) is 11.6 Å². The van der Waals surface area contributed by atoms with E-state index in [-0.39, 0.29) is 35.6 Å². The highest BCUT2D eigenvalue weighted by Gasteiger charge is 2.11. The molecule has 0 atom stereocenters. The molecule has 0 aliphatic rings. The molecule has 6 nitrogen and oxygen atoms in total. The van der Waals surface area contributed by atoms with Crippen molar-refractivity contribution in [3.8, 4) is 5.75 Å². The van der Waals surface area contributed by atoms with Gasteiger partial charge in [0.2, 0.25) is 0 Å². The molecule has 0 bridgehead atoms. The monoisotopic (exact) mass is 380 g/mol. The third-order valence-corrected chi connectivity index (χ3v) is 3.56. The van der Waals surface area contributed by atoms with E-state index in [2.05, 4.69) is 17.2 Å². The van der Waals surface area contributed by atoms with Crippen LogP contribution in [0.25, 0.3) is 0 Å². The number of halogens is 2. The molecule has 26 heavy (non-hydrogen) atoms. The van der Waals surface area contributed by atoms with Crippen LogP contribution >= 0.6 is 11.6 Å². The van der Waals surface area contributed by atoms with Crippen LogP contribution < -0.4 is 15.4 Å². The minimum Gasteiger partial charge on any atom is -0.484 e. The summed E-state index contributed by atoms with van der Waals surface area (Å²) < 4.78 is 23.5. The summed E-state index contributed by atoms with van der Waals surface area (Å²) in [6.45, 7) is 5.52. The van der Waals surface area contributed by atoms with Crippen LogP contribution in [0.4, 0.5) is 4.39 Å². The van der Waals surface area contributed by atoms with E-state index in [1.807, 2.05) is 6.92 Å². The lowest BCUT2D eigenvalue weighted by Gasteiger charge is -2.09. The zero-order valence-corrected chi connectivity index (χ0v) is 14.9. The maximum absolute atomic E-state index is 13.3. The van der Waals surface area contributed by atoms with Crippen LogP contribution in [-0.2, 0) is 4.79 Å². The number of carbonyl (C=O) groups is 2. The number of amides is 2. The Morgan fingerprint density at radius 3 is 2.77 bits per heavy atom. The van der Waals surface area contributed by atoms with Crippen LogP contribution in [0.15, 0.2) is 47.2 Å². The summed E-state index contributed by atoms with van der Waals surface area (Å²) in [5, 5.41) is 5.18. The predicted octanol–water partition coefficient (Wildman–Crippen LogP) is 3.21. The SMILES string of the molecule is C=C(CCNC(=O)COc1ccc(Cl)c(F)c1)NC(=O)c1cc(C)co1. The molecule has 1 aromatic heterocycles. The molecule has 0 unspecified atom stereocenters. The molecule has 0 aliphatic heterocycles. The van der Waals surface area contributed by atoms with Crippen LogP contribution in [0, 0.1) is 12.7 Å². The molecule has 2 rings (SSSR count). The zero-order chi connectivity index (χ0) is 19.1. The Kier molecular flexibility index (Phi) is 6.80. The van der Waals surface area contributed by atoms with E-state index in [4.69, 9.17) is 20.8 Å². The van der Waals surface area contributed by atoms with Crippen molar-refractivity contribution in [2.24, 2.45) is 0 Å². The first-order chi connectivity index (χ1) is 12.3. The Morgan fingerprint density at radius 1 is 1.35 bits per heavy atom. The van der Waals surface area contributed by atoms with Crippen LogP contribution in [0.2, 0.25) is 5.02 Å². The van der Waals surface area contributed by atoms with Crippen molar-refractivity contribution in [3.05, 3.63) is 65.0 Å². The highest BCUT2D eigenvalue weighted by Crippen LogP contribution is 2.20. The minimum absolute atomic E-state index is 0.0212. The standard InChI is InChI=1S/C18H18ClFN2O4/c1-11-7-16(26-9-11)18(24)22-12(2)5-6-21-17(23)10-25-13-3-4-14(19)15(20)8-13/h3-4,7-9H,2,5-6,10H2,1H3,(H,21,23)(H,22,24). The number of furan rings is 1. The van der Waals surface area contributed by atoms with Gasteiger partial charge in [0.1, 0.15) is 11.6 Å². The minimum atomic E-state index is -0.622. The van der Waals surface area contributed by atoms with Gasteiger partial charge in [0.15, 0.2) is 12.4 Å². The summed E-state index contributed by atoms with van der Waals surface area (Å²) >= 11 is 5.56. The number of carbonyl (C=O) groups excluding carboxylic acids is 2. The number of benzene rings is 1. The number of hydrogen-bond donors (Lipinski definition) is 2. The van der Waals surface area contributed by atoms with E-state index >= 15 is 0 Å². The topological polar surface area (TPSA) is 80.6 Å². The van der Waals surface area contributed by atoms with E-state index < -0.39 is 11.7 Å². The van der Waals surface area contributed by atoms with E-state index in [0.29, 0.717) is 12.1 Å². The highest BCUT2D eigenvalue weighted by molar-refractivity contribution is 6.30. The van der Waals surface area contributed by atoms with Crippen LogP contribution in [0.3, 0.4) is 0 Å². The van der Waals surface area contributed by atoms with Gasteiger partial charge in [0.05, 0.1) is 11.3 Å². The third-order valence-electron chi connectivity index (χ3n) is 3.25. The Bertz CT molecular complexity index is 819. The molecule has 0 saturated heterocycles. The lowest BCUT2D eigenvalue weighted by molar-refractivity contribution is -0.123. The number of ether oxygens (including phenoxy) is 1. The van der Waals surface area contributed by atoms with Gasteiger partial charge in [0.25, 0.3) is 11.8 Å². The Morgan fingerprint density at radius 2 is 2.12 bits per heavy atom. The van der Waals surface area contributed by atoms with Crippen LogP contribution in [0.5, 0.6) is 5.75 Å². The first-order valence-corrected chi connectivity index (χ1v) is 8.12. The Balaban J connectivity index is 1.66. The summed E-state index contributed by atoms with van der Waals surface area (Å²) in [7, 11) is 0. The van der Waals surface area contributed by atoms with E-state index in [9.17, 15) is 14.0 Å². The fourth-order valence-electron chi connectivity index (χ4n) is 1.95. The molecule has 2 N–H and O–H groups in total. The molecule has 0 spiro atoms. The largest absolute Gasteiger partial charge is 0.484 e. The Hall–Kier alpha value is -2.80. The summed E-state index contributed by atoms with van der Waals surface area (Å²) in [6, 6.07) is 5.52. The molecule has 2 amide bonds. The molecular formula is C18H18ClFN2O4. The summed E-state index contributed by atoms with van der Waals surface area (Å²) in [5.74, 6) is -1.02. The number of rotatable bonds is 8. The molecule has 8 heteroatoms. The average molecular weight is 381 g/mol. The lowest BCUT2D eigenvalue weighted by Crippen LogP contribution is -2.31. The normalized spacial score (nSPS) is 10.3. The third kappa shape index (κ3) is 5.93. The van der Waals surface area contributed by atoms with Crippen molar-refractivity contribution in [2.75, 3.05) is 13.2 Å². The second kappa shape index (κ2) is 9.05. The van der Waals surface area contributed by atoms with Gasteiger partial charge in [-0.05, 0) is 30.7 Å². The first-order valence-electron chi connectivity index (χ1n) is 7.74. The molecule has 0 aliphatic carbocycles.